The standard InChI is InChI=1S/C37H37F6N9O/c1-49-20-35(21-49)7-11-51(12-8-35)18-23-13-28-29(30(14-23)37(41,42)43)19-52(34(28)53)32-16-24(15-31(47-32)45-10-4-3-9-44)27-17-25(36(38,39)40)5-6-26(27)33-48-46-22-50(33)2/h5-6,13-17,22H,3-4,7-8,10-12,18-21H2,1-2H3,(H,45,47). The third kappa shape index (κ3) is 7.32. The second kappa shape index (κ2) is 13.8. The van der Waals surface area contributed by atoms with E-state index < -0.39 is 35.9 Å². The van der Waals surface area contributed by atoms with E-state index in [1.807, 2.05) is 6.07 Å². The Kier molecular flexibility index (Phi) is 9.44. The van der Waals surface area contributed by atoms with Crippen molar-refractivity contribution in [3.63, 3.8) is 0 Å². The fourth-order valence-corrected chi connectivity index (χ4v) is 7.82. The monoisotopic (exact) mass is 737 g/mol. The molecule has 2 aromatic carbocycles. The number of carbonyl (C=O) groups is 1. The molecule has 3 aliphatic heterocycles. The summed E-state index contributed by atoms with van der Waals surface area (Å²) in [6.07, 6.45) is -5.47. The van der Waals surface area contributed by atoms with E-state index in [2.05, 4.69) is 37.3 Å². The molecule has 0 atom stereocenters. The normalized spacial score (nSPS) is 17.6. The van der Waals surface area contributed by atoms with E-state index in [-0.39, 0.29) is 64.6 Å². The van der Waals surface area contributed by atoms with E-state index in [4.69, 9.17) is 5.26 Å². The van der Waals surface area contributed by atoms with Crippen molar-refractivity contribution in [2.45, 2.75) is 51.1 Å². The van der Waals surface area contributed by atoms with E-state index in [9.17, 15) is 31.1 Å². The van der Waals surface area contributed by atoms with E-state index in [0.29, 0.717) is 17.5 Å². The molecule has 278 valence electrons. The van der Waals surface area contributed by atoms with Gasteiger partial charge in [0.1, 0.15) is 18.0 Å². The molecule has 2 aromatic heterocycles. The van der Waals surface area contributed by atoms with Gasteiger partial charge in [-0.3, -0.25) is 14.6 Å². The van der Waals surface area contributed by atoms with Crippen LogP contribution in [0.15, 0.2) is 48.8 Å². The van der Waals surface area contributed by atoms with Crippen molar-refractivity contribution in [2.75, 3.05) is 50.0 Å². The molecule has 0 unspecified atom stereocenters. The first-order valence-corrected chi connectivity index (χ1v) is 17.3. The van der Waals surface area contributed by atoms with Gasteiger partial charge >= 0.3 is 12.4 Å². The summed E-state index contributed by atoms with van der Waals surface area (Å²) in [4.78, 5) is 24.2. The number of nitriles is 1. The number of alkyl halides is 6. The molecule has 16 heteroatoms. The summed E-state index contributed by atoms with van der Waals surface area (Å²) in [5.74, 6) is -0.307. The van der Waals surface area contributed by atoms with E-state index in [1.54, 1.807) is 11.6 Å². The van der Waals surface area contributed by atoms with Crippen molar-refractivity contribution in [1.82, 2.24) is 29.5 Å². The Labute approximate surface area is 302 Å². The van der Waals surface area contributed by atoms with Gasteiger partial charge in [-0.15, -0.1) is 10.2 Å². The summed E-state index contributed by atoms with van der Waals surface area (Å²) in [6.45, 7) is 3.63. The number of benzene rings is 2. The van der Waals surface area contributed by atoms with Crippen LogP contribution >= 0.6 is 0 Å². The maximum atomic E-state index is 14.6. The quantitative estimate of drug-likeness (QED) is 0.145. The van der Waals surface area contributed by atoms with Gasteiger partial charge in [0.2, 0.25) is 0 Å². The van der Waals surface area contributed by atoms with Gasteiger partial charge in [-0.2, -0.15) is 31.6 Å². The maximum Gasteiger partial charge on any atom is 0.416 e. The van der Waals surface area contributed by atoms with Gasteiger partial charge in [0.05, 0.1) is 23.7 Å². The molecule has 1 spiro atoms. The zero-order valence-corrected chi connectivity index (χ0v) is 29.2. The average molecular weight is 738 g/mol. The van der Waals surface area contributed by atoms with Gasteiger partial charge in [0.15, 0.2) is 5.82 Å². The smallest absolute Gasteiger partial charge is 0.370 e. The van der Waals surface area contributed by atoms with Gasteiger partial charge in [-0.1, -0.05) is 0 Å². The third-order valence-corrected chi connectivity index (χ3v) is 10.4. The minimum absolute atomic E-state index is 0.0470. The van der Waals surface area contributed by atoms with Crippen LogP contribution in [0.5, 0.6) is 0 Å². The van der Waals surface area contributed by atoms with Crippen molar-refractivity contribution in [1.29, 1.82) is 5.26 Å². The van der Waals surface area contributed by atoms with Gasteiger partial charge < -0.3 is 14.8 Å². The number of pyridine rings is 1. The van der Waals surface area contributed by atoms with Crippen LogP contribution < -0.4 is 10.2 Å². The molecule has 1 amide bonds. The van der Waals surface area contributed by atoms with Gasteiger partial charge in [0, 0.05) is 50.8 Å². The topological polar surface area (TPSA) is 106 Å². The number of fused-ring (bicyclic) bond motifs is 1. The Morgan fingerprint density at radius 3 is 2.34 bits per heavy atom. The van der Waals surface area contributed by atoms with Crippen LogP contribution in [-0.4, -0.2) is 75.2 Å². The van der Waals surface area contributed by atoms with Crippen LogP contribution in [0.4, 0.5) is 38.0 Å². The molecule has 4 aromatic rings. The minimum Gasteiger partial charge on any atom is -0.370 e. The van der Waals surface area contributed by atoms with Crippen molar-refractivity contribution in [3.8, 4) is 28.6 Å². The number of hydrogen-bond acceptors (Lipinski definition) is 8. The van der Waals surface area contributed by atoms with Crippen molar-refractivity contribution >= 4 is 17.5 Å². The summed E-state index contributed by atoms with van der Waals surface area (Å²) in [6, 6.07) is 10.8. The van der Waals surface area contributed by atoms with E-state index in [0.717, 1.165) is 62.1 Å². The number of aryl methyl sites for hydroxylation is 1. The average Bonchev–Trinajstić information content (AvgIpc) is 3.67. The molecule has 0 saturated carbocycles. The van der Waals surface area contributed by atoms with E-state index in [1.165, 1.54) is 30.6 Å². The predicted molar refractivity (Wildman–Crippen MR) is 184 cm³/mol. The first kappa shape index (κ1) is 36.4. The summed E-state index contributed by atoms with van der Waals surface area (Å²) in [5.41, 5.74) is -0.841. The highest BCUT2D eigenvalue weighted by Gasteiger charge is 2.44. The molecule has 2 fully saturated rings. The lowest BCUT2D eigenvalue weighted by atomic mass is 9.72. The Hall–Kier alpha value is -5.01. The lowest BCUT2D eigenvalue weighted by Crippen LogP contribution is -2.58. The number of amides is 1. The first-order chi connectivity index (χ1) is 25.1. The highest BCUT2D eigenvalue weighted by Crippen LogP contribution is 2.43. The number of halogens is 6. The van der Waals surface area contributed by atoms with Crippen LogP contribution in [-0.2, 0) is 32.5 Å². The molecule has 10 nitrogen and oxygen atoms in total. The Balaban J connectivity index is 1.26. The zero-order chi connectivity index (χ0) is 37.7. The molecule has 0 radical (unpaired) electrons. The number of likely N-dealkylation sites (tertiary alicyclic amines) is 2. The predicted octanol–water partition coefficient (Wildman–Crippen LogP) is 6.99. The molecule has 0 aliphatic carbocycles. The maximum absolute atomic E-state index is 14.6. The summed E-state index contributed by atoms with van der Waals surface area (Å²) < 4.78 is 87.6. The van der Waals surface area contributed by atoms with Crippen LogP contribution in [0, 0.1) is 16.7 Å². The molecular formula is C37H37F6N9O. The number of anilines is 2. The number of carbonyl (C=O) groups excluding carboxylic acids is 1. The summed E-state index contributed by atoms with van der Waals surface area (Å²) in [7, 11) is 3.71. The second-order valence-electron chi connectivity index (χ2n) is 14.3. The molecule has 2 saturated heterocycles. The number of rotatable bonds is 9. The van der Waals surface area contributed by atoms with E-state index >= 15 is 0 Å². The number of aromatic nitrogens is 4. The molecule has 1 N–H and O–H groups in total. The summed E-state index contributed by atoms with van der Waals surface area (Å²) in [5, 5.41) is 20.0. The number of nitrogens with one attached hydrogen (secondary N) is 1. The first-order valence-electron chi connectivity index (χ1n) is 17.3. The van der Waals surface area contributed by atoms with Crippen LogP contribution in [0.2, 0.25) is 0 Å². The zero-order valence-electron chi connectivity index (χ0n) is 29.2. The van der Waals surface area contributed by atoms with Crippen molar-refractivity contribution in [3.05, 3.63) is 76.6 Å². The highest BCUT2D eigenvalue weighted by atomic mass is 19.4. The summed E-state index contributed by atoms with van der Waals surface area (Å²) >= 11 is 0. The fraction of sp³-hybridized carbons (Fsp3) is 0.432. The fourth-order valence-electron chi connectivity index (χ4n) is 7.82. The molecular weight excluding hydrogens is 700 g/mol. The number of hydrogen-bond donors (Lipinski definition) is 1. The van der Waals surface area contributed by atoms with Crippen LogP contribution in [0.25, 0.3) is 22.5 Å². The Morgan fingerprint density at radius 1 is 0.943 bits per heavy atom. The molecule has 7 rings (SSSR count). The van der Waals surface area contributed by atoms with Gasteiger partial charge in [-0.25, -0.2) is 4.98 Å². The molecule has 3 aliphatic rings. The highest BCUT2D eigenvalue weighted by molar-refractivity contribution is 6.10. The minimum atomic E-state index is -4.75. The van der Waals surface area contributed by atoms with Crippen molar-refractivity contribution in [2.24, 2.45) is 12.5 Å². The lowest BCUT2D eigenvalue weighted by Gasteiger charge is -2.53. The SMILES string of the molecule is CN1CC2(CCN(Cc3cc4c(c(C(F)(F)F)c3)CN(c3cc(-c5cc(C(F)(F)F)ccc5-c5nncn5C)cc(NCCCC#N)n3)C4=O)CC2)C1. The molecule has 53 heavy (non-hydrogen) atoms. The number of piperidine rings is 1. The molecule has 0 bridgehead atoms. The van der Waals surface area contributed by atoms with Crippen LogP contribution in [0.1, 0.15) is 58.3 Å². The Bertz CT molecular complexity index is 2070. The number of unbranched alkanes of at least 4 members (excludes halogenated alkanes) is 1. The lowest BCUT2D eigenvalue weighted by molar-refractivity contribution is -0.138. The van der Waals surface area contributed by atoms with Gasteiger partial charge in [0.25, 0.3) is 5.91 Å². The molecule has 5 heterocycles. The van der Waals surface area contributed by atoms with Crippen LogP contribution in [0.3, 0.4) is 0 Å². The third-order valence-electron chi connectivity index (χ3n) is 10.4. The Morgan fingerprint density at radius 2 is 1.70 bits per heavy atom. The van der Waals surface area contributed by atoms with Gasteiger partial charge in [-0.05, 0) is 110 Å². The largest absolute Gasteiger partial charge is 0.416 e. The second-order valence-corrected chi connectivity index (χ2v) is 14.3. The van der Waals surface area contributed by atoms with Crippen molar-refractivity contribution < 1.29 is 31.1 Å². The number of nitrogens with zero attached hydrogens (tertiary/aromatic N) is 8.